The highest BCUT2D eigenvalue weighted by molar-refractivity contribution is 5.93. The smallest absolute Gasteiger partial charge is 0.165 e. The number of piperidine rings is 1. The van der Waals surface area contributed by atoms with Gasteiger partial charge in [0.25, 0.3) is 0 Å². The van der Waals surface area contributed by atoms with Crippen molar-refractivity contribution in [3.63, 3.8) is 0 Å². The number of rotatable bonds is 8. The Bertz CT molecular complexity index is 1330. The van der Waals surface area contributed by atoms with Gasteiger partial charge in [-0.25, -0.2) is 4.39 Å². The minimum Gasteiger partial charge on any atom is -0.508 e. The first kappa shape index (κ1) is 24.1. The molecule has 4 nitrogen and oxygen atoms in total. The summed E-state index contributed by atoms with van der Waals surface area (Å²) in [5.41, 5.74) is 4.15. The molecule has 1 fully saturated rings. The number of hydrogen-bond acceptors (Lipinski definition) is 4. The number of fused-ring (bicyclic) bond motifs is 1. The number of hydrogen-bond donors (Lipinski definition) is 1. The second-order valence-electron chi connectivity index (χ2n) is 9.42. The van der Waals surface area contributed by atoms with Gasteiger partial charge in [-0.2, -0.15) is 0 Å². The van der Waals surface area contributed by atoms with Crippen LogP contribution in [0.3, 0.4) is 0 Å². The molecule has 1 aliphatic heterocycles. The van der Waals surface area contributed by atoms with Crippen LogP contribution in [0.25, 0.3) is 21.9 Å². The molecule has 0 aromatic heterocycles. The molecule has 5 heteroatoms. The van der Waals surface area contributed by atoms with Gasteiger partial charge in [-0.1, -0.05) is 42.8 Å². The molecule has 36 heavy (non-hydrogen) atoms. The van der Waals surface area contributed by atoms with Gasteiger partial charge in [0.2, 0.25) is 0 Å². The number of halogens is 1. The van der Waals surface area contributed by atoms with Crippen LogP contribution in [0.2, 0.25) is 0 Å². The Morgan fingerprint density at radius 2 is 1.69 bits per heavy atom. The Morgan fingerprint density at radius 1 is 0.889 bits per heavy atom. The molecule has 0 radical (unpaired) electrons. The van der Waals surface area contributed by atoms with Crippen molar-refractivity contribution in [2.24, 2.45) is 0 Å². The van der Waals surface area contributed by atoms with Gasteiger partial charge in [-0.3, -0.25) is 4.90 Å². The van der Waals surface area contributed by atoms with E-state index < -0.39 is 0 Å². The number of methoxy groups -OCH3 is 1. The maximum atomic E-state index is 14.1. The Kier molecular flexibility index (Phi) is 7.38. The third-order valence-electron chi connectivity index (χ3n) is 7.01. The molecular weight excluding hydrogens is 453 g/mol. The van der Waals surface area contributed by atoms with E-state index in [4.69, 9.17) is 9.47 Å². The van der Waals surface area contributed by atoms with Crippen molar-refractivity contribution in [3.05, 3.63) is 89.7 Å². The van der Waals surface area contributed by atoms with E-state index >= 15 is 0 Å². The summed E-state index contributed by atoms with van der Waals surface area (Å²) in [6, 6.07) is 22.7. The molecule has 0 amide bonds. The highest BCUT2D eigenvalue weighted by atomic mass is 19.1. The zero-order valence-corrected chi connectivity index (χ0v) is 20.7. The average Bonchev–Trinajstić information content (AvgIpc) is 2.91. The first-order valence-electron chi connectivity index (χ1n) is 12.6. The summed E-state index contributed by atoms with van der Waals surface area (Å²) in [5.74, 6) is 0.942. The maximum absolute atomic E-state index is 14.1. The van der Waals surface area contributed by atoms with Crippen molar-refractivity contribution in [2.45, 2.75) is 25.7 Å². The van der Waals surface area contributed by atoms with E-state index in [9.17, 15) is 9.50 Å². The van der Waals surface area contributed by atoms with Crippen LogP contribution in [0.4, 0.5) is 4.39 Å². The summed E-state index contributed by atoms with van der Waals surface area (Å²) < 4.78 is 25.3. The van der Waals surface area contributed by atoms with Gasteiger partial charge >= 0.3 is 0 Å². The summed E-state index contributed by atoms with van der Waals surface area (Å²) in [6.45, 7) is 4.01. The number of benzene rings is 4. The molecule has 0 atom stereocenters. The molecule has 4 aromatic rings. The van der Waals surface area contributed by atoms with E-state index in [-0.39, 0.29) is 17.3 Å². The Balaban J connectivity index is 1.39. The third-order valence-corrected chi connectivity index (χ3v) is 7.01. The molecular formula is C31H32FNO3. The Labute approximate surface area is 211 Å². The predicted molar refractivity (Wildman–Crippen MR) is 143 cm³/mol. The van der Waals surface area contributed by atoms with Crippen LogP contribution < -0.4 is 9.47 Å². The van der Waals surface area contributed by atoms with Crippen LogP contribution in [-0.4, -0.2) is 43.4 Å². The van der Waals surface area contributed by atoms with Crippen LogP contribution in [0, 0.1) is 5.82 Å². The number of nitrogens with zero attached hydrogens (tertiary/aromatic N) is 1. The minimum atomic E-state index is -0.385. The molecule has 0 aliphatic carbocycles. The zero-order chi connectivity index (χ0) is 24.9. The van der Waals surface area contributed by atoms with Crippen LogP contribution in [-0.2, 0) is 6.42 Å². The summed E-state index contributed by atoms with van der Waals surface area (Å²) in [6.07, 6.45) is 4.60. The second kappa shape index (κ2) is 11.0. The van der Waals surface area contributed by atoms with Crippen molar-refractivity contribution in [1.29, 1.82) is 0 Å². The fourth-order valence-electron chi connectivity index (χ4n) is 5.05. The molecule has 0 saturated carbocycles. The fourth-order valence-corrected chi connectivity index (χ4v) is 5.05. The lowest BCUT2D eigenvalue weighted by Gasteiger charge is -2.26. The van der Waals surface area contributed by atoms with Crippen LogP contribution in [0.5, 0.6) is 17.2 Å². The fraction of sp³-hybridized carbons (Fsp3) is 0.290. The molecule has 5 rings (SSSR count). The standard InChI is InChI=1S/C31H32FNO3/c1-35-31-21-24(8-14-30(31)32)27-12-7-23-20-25(34)9-13-28(23)29(27)19-22-5-10-26(11-6-22)36-18-17-33-15-3-2-4-16-33/h5-14,20-21,34H,2-4,15-19H2,1H3. The first-order chi connectivity index (χ1) is 17.6. The van der Waals surface area contributed by atoms with Crippen molar-refractivity contribution in [2.75, 3.05) is 33.4 Å². The molecule has 1 heterocycles. The van der Waals surface area contributed by atoms with E-state index in [1.165, 1.54) is 45.5 Å². The SMILES string of the molecule is COc1cc(-c2ccc3cc(O)ccc3c2Cc2ccc(OCCN3CCCCC3)cc2)ccc1F. The monoisotopic (exact) mass is 485 g/mol. The van der Waals surface area contributed by atoms with Gasteiger partial charge in [0.05, 0.1) is 7.11 Å². The molecule has 1 N–H and O–H groups in total. The van der Waals surface area contributed by atoms with E-state index in [1.54, 1.807) is 24.3 Å². The quantitative estimate of drug-likeness (QED) is 0.298. The largest absolute Gasteiger partial charge is 0.508 e. The van der Waals surface area contributed by atoms with E-state index in [0.717, 1.165) is 45.3 Å². The lowest BCUT2D eigenvalue weighted by molar-refractivity contribution is 0.183. The molecule has 1 saturated heterocycles. The molecule has 0 spiro atoms. The number of phenolic OH excluding ortho intramolecular Hbond substituents is 1. The zero-order valence-electron chi connectivity index (χ0n) is 20.7. The molecule has 1 aliphatic rings. The van der Waals surface area contributed by atoms with E-state index in [0.29, 0.717) is 13.0 Å². The summed E-state index contributed by atoms with van der Waals surface area (Å²) >= 11 is 0. The Hall–Kier alpha value is -3.57. The van der Waals surface area contributed by atoms with Crippen LogP contribution in [0.15, 0.2) is 72.8 Å². The van der Waals surface area contributed by atoms with Crippen molar-refractivity contribution in [1.82, 2.24) is 4.90 Å². The highest BCUT2D eigenvalue weighted by Gasteiger charge is 2.14. The van der Waals surface area contributed by atoms with Crippen molar-refractivity contribution in [3.8, 4) is 28.4 Å². The van der Waals surface area contributed by atoms with Gasteiger partial charge in [0, 0.05) is 6.54 Å². The number of ether oxygens (including phenoxy) is 2. The lowest BCUT2D eigenvalue weighted by atomic mass is 9.90. The van der Waals surface area contributed by atoms with E-state index in [2.05, 4.69) is 17.0 Å². The molecule has 0 bridgehead atoms. The van der Waals surface area contributed by atoms with Crippen molar-refractivity contribution < 1.29 is 19.0 Å². The molecule has 0 unspecified atom stereocenters. The molecule has 4 aromatic carbocycles. The normalized spacial score (nSPS) is 14.2. The number of aromatic hydroxyl groups is 1. The number of likely N-dealkylation sites (tertiary alicyclic amines) is 1. The molecule has 186 valence electrons. The Morgan fingerprint density at radius 3 is 2.47 bits per heavy atom. The predicted octanol–water partition coefficient (Wildman–Crippen LogP) is 6.82. The van der Waals surface area contributed by atoms with Crippen LogP contribution in [0.1, 0.15) is 30.4 Å². The second-order valence-corrected chi connectivity index (χ2v) is 9.42. The van der Waals surface area contributed by atoms with Crippen molar-refractivity contribution >= 4 is 10.8 Å². The van der Waals surface area contributed by atoms with Gasteiger partial charge in [0.15, 0.2) is 11.6 Å². The highest BCUT2D eigenvalue weighted by Crippen LogP contribution is 2.35. The van der Waals surface area contributed by atoms with Gasteiger partial charge in [-0.15, -0.1) is 0 Å². The van der Waals surface area contributed by atoms with Gasteiger partial charge in [-0.05, 0) is 102 Å². The third kappa shape index (κ3) is 5.47. The minimum absolute atomic E-state index is 0.218. The van der Waals surface area contributed by atoms with Gasteiger partial charge in [0.1, 0.15) is 18.1 Å². The first-order valence-corrected chi connectivity index (χ1v) is 12.6. The van der Waals surface area contributed by atoms with Crippen LogP contribution >= 0.6 is 0 Å². The maximum Gasteiger partial charge on any atom is 0.165 e. The average molecular weight is 486 g/mol. The van der Waals surface area contributed by atoms with E-state index in [1.807, 2.05) is 30.3 Å². The lowest BCUT2D eigenvalue weighted by Crippen LogP contribution is -2.33. The topological polar surface area (TPSA) is 41.9 Å². The number of phenols is 1. The van der Waals surface area contributed by atoms with Gasteiger partial charge < -0.3 is 14.6 Å². The summed E-state index contributed by atoms with van der Waals surface area (Å²) in [4.78, 5) is 2.47. The summed E-state index contributed by atoms with van der Waals surface area (Å²) in [5, 5.41) is 12.0. The summed E-state index contributed by atoms with van der Waals surface area (Å²) in [7, 11) is 1.47.